The second-order valence-corrected chi connectivity index (χ2v) is 2.25. The Morgan fingerprint density at radius 2 is 1.78 bits per heavy atom. The molecule has 0 aromatic carbocycles. The van der Waals surface area contributed by atoms with Crippen LogP contribution in [0.1, 0.15) is 0 Å². The first-order valence-electron chi connectivity index (χ1n) is 2.64. The third-order valence-corrected chi connectivity index (χ3v) is 1.79. The fourth-order valence-corrected chi connectivity index (χ4v) is 1.13. The lowest BCUT2D eigenvalue weighted by molar-refractivity contribution is 0.224. The standard InChI is InChI=1S/C6H3F3/c7-3-1-2-4(3)6(9)5(2)8/h1-2,4H. The molecule has 0 bridgehead atoms. The summed E-state index contributed by atoms with van der Waals surface area (Å²) in [5, 5.41) is 0. The van der Waals surface area contributed by atoms with E-state index in [1.807, 2.05) is 0 Å². The van der Waals surface area contributed by atoms with Gasteiger partial charge in [0.1, 0.15) is 17.5 Å². The van der Waals surface area contributed by atoms with Crippen LogP contribution in [0, 0.1) is 11.8 Å². The average Bonchev–Trinajstić information content (AvgIpc) is 1.81. The maximum Gasteiger partial charge on any atom is 0.143 e. The van der Waals surface area contributed by atoms with Crippen LogP contribution in [0.2, 0.25) is 0 Å². The molecule has 48 valence electrons. The zero-order valence-corrected chi connectivity index (χ0v) is 4.37. The van der Waals surface area contributed by atoms with Gasteiger partial charge in [-0.3, -0.25) is 0 Å². The summed E-state index contributed by atoms with van der Waals surface area (Å²) in [5.74, 6) is -3.64. The lowest BCUT2D eigenvalue weighted by Crippen LogP contribution is -2.33. The van der Waals surface area contributed by atoms with E-state index < -0.39 is 29.3 Å². The number of hydrogen-bond donors (Lipinski definition) is 0. The molecule has 2 unspecified atom stereocenters. The van der Waals surface area contributed by atoms with Crippen molar-refractivity contribution in [2.24, 2.45) is 11.8 Å². The lowest BCUT2D eigenvalue weighted by atomic mass is 9.70. The number of halogens is 3. The zero-order valence-electron chi connectivity index (χ0n) is 4.37. The lowest BCUT2D eigenvalue weighted by Gasteiger charge is -2.37. The third kappa shape index (κ3) is 0.373. The summed E-state index contributed by atoms with van der Waals surface area (Å²) >= 11 is 0. The van der Waals surface area contributed by atoms with Crippen molar-refractivity contribution < 1.29 is 13.2 Å². The fourth-order valence-electron chi connectivity index (χ4n) is 1.13. The Balaban J connectivity index is 2.31. The molecule has 0 nitrogen and oxygen atoms in total. The smallest absolute Gasteiger partial charge is 0.143 e. The van der Waals surface area contributed by atoms with E-state index in [1.165, 1.54) is 0 Å². The van der Waals surface area contributed by atoms with Crippen LogP contribution in [0.15, 0.2) is 23.6 Å². The highest BCUT2D eigenvalue weighted by molar-refractivity contribution is 5.42. The van der Waals surface area contributed by atoms with Gasteiger partial charge in [-0.15, -0.1) is 0 Å². The average molecular weight is 132 g/mol. The quantitative estimate of drug-likeness (QED) is 0.474. The molecule has 0 N–H and O–H groups in total. The van der Waals surface area contributed by atoms with E-state index in [2.05, 4.69) is 0 Å². The Kier molecular flexibility index (Phi) is 0.693. The zero-order chi connectivity index (χ0) is 6.59. The topological polar surface area (TPSA) is 0 Å². The number of fused-ring (bicyclic) bond motifs is 1. The van der Waals surface area contributed by atoms with Gasteiger partial charge < -0.3 is 0 Å². The Morgan fingerprint density at radius 1 is 1.11 bits per heavy atom. The molecular formula is C6H3F3. The molecule has 2 rings (SSSR count). The van der Waals surface area contributed by atoms with E-state index in [0.29, 0.717) is 0 Å². The molecule has 0 amide bonds. The third-order valence-electron chi connectivity index (χ3n) is 1.79. The normalized spacial score (nSPS) is 38.8. The van der Waals surface area contributed by atoms with Gasteiger partial charge in [-0.2, -0.15) is 0 Å². The van der Waals surface area contributed by atoms with Gasteiger partial charge in [0.05, 0.1) is 5.92 Å². The minimum absolute atomic E-state index is 0.529. The summed E-state index contributed by atoms with van der Waals surface area (Å²) in [7, 11) is 0. The van der Waals surface area contributed by atoms with E-state index in [-0.39, 0.29) is 0 Å². The van der Waals surface area contributed by atoms with Gasteiger partial charge in [0, 0.05) is 5.92 Å². The second-order valence-electron chi connectivity index (χ2n) is 2.25. The molecule has 0 spiro atoms. The van der Waals surface area contributed by atoms with Crippen molar-refractivity contribution in [1.29, 1.82) is 0 Å². The molecule has 0 saturated heterocycles. The van der Waals surface area contributed by atoms with Gasteiger partial charge in [0.2, 0.25) is 0 Å². The molecular weight excluding hydrogens is 129 g/mol. The first-order valence-corrected chi connectivity index (χ1v) is 2.64. The predicted molar refractivity (Wildman–Crippen MR) is 25.4 cm³/mol. The molecule has 0 radical (unpaired) electrons. The predicted octanol–water partition coefficient (Wildman–Crippen LogP) is 2.25. The Hall–Kier alpha value is -0.730. The highest BCUT2D eigenvalue weighted by Crippen LogP contribution is 2.54. The summed E-state index contributed by atoms with van der Waals surface area (Å²) in [6, 6.07) is 0. The maximum atomic E-state index is 12.1. The van der Waals surface area contributed by atoms with Crippen molar-refractivity contribution in [3.05, 3.63) is 23.6 Å². The van der Waals surface area contributed by atoms with E-state index >= 15 is 0 Å². The summed E-state index contributed by atoms with van der Waals surface area (Å²) in [4.78, 5) is 0. The van der Waals surface area contributed by atoms with Crippen LogP contribution < -0.4 is 0 Å². The Labute approximate surface area is 49.7 Å². The molecule has 0 fully saturated rings. The van der Waals surface area contributed by atoms with Crippen LogP contribution in [0.5, 0.6) is 0 Å². The van der Waals surface area contributed by atoms with Crippen molar-refractivity contribution in [2.75, 3.05) is 0 Å². The van der Waals surface area contributed by atoms with Crippen LogP contribution in [-0.2, 0) is 0 Å². The van der Waals surface area contributed by atoms with Gasteiger partial charge in [0.25, 0.3) is 0 Å². The van der Waals surface area contributed by atoms with E-state index in [1.54, 1.807) is 0 Å². The van der Waals surface area contributed by atoms with Gasteiger partial charge in [-0.05, 0) is 6.08 Å². The summed E-state index contributed by atoms with van der Waals surface area (Å²) < 4.78 is 36.2. The minimum Gasteiger partial charge on any atom is -0.211 e. The largest absolute Gasteiger partial charge is 0.211 e. The maximum absolute atomic E-state index is 12.1. The molecule has 0 saturated carbocycles. The first kappa shape index (κ1) is 5.09. The fraction of sp³-hybridized carbons (Fsp3) is 0.333. The highest BCUT2D eigenvalue weighted by atomic mass is 19.2. The van der Waals surface area contributed by atoms with Crippen molar-refractivity contribution in [3.8, 4) is 0 Å². The van der Waals surface area contributed by atoms with Crippen molar-refractivity contribution in [3.63, 3.8) is 0 Å². The molecule has 2 aliphatic rings. The highest BCUT2D eigenvalue weighted by Gasteiger charge is 2.50. The molecule has 0 aromatic rings. The number of rotatable bonds is 0. The number of allylic oxidation sites excluding steroid dienone is 4. The van der Waals surface area contributed by atoms with Crippen LogP contribution in [-0.4, -0.2) is 0 Å². The second kappa shape index (κ2) is 1.23. The van der Waals surface area contributed by atoms with Gasteiger partial charge >= 0.3 is 0 Å². The van der Waals surface area contributed by atoms with E-state index in [9.17, 15) is 13.2 Å². The Morgan fingerprint density at radius 3 is 2.11 bits per heavy atom. The molecule has 0 aliphatic heterocycles. The summed E-state index contributed by atoms with van der Waals surface area (Å²) in [5.41, 5.74) is 0. The van der Waals surface area contributed by atoms with E-state index in [4.69, 9.17) is 0 Å². The van der Waals surface area contributed by atoms with Gasteiger partial charge in [-0.1, -0.05) is 0 Å². The first-order chi connectivity index (χ1) is 4.22. The molecule has 2 aliphatic carbocycles. The molecule has 0 heterocycles. The molecule has 2 atom stereocenters. The van der Waals surface area contributed by atoms with Gasteiger partial charge in [-0.25, -0.2) is 13.2 Å². The summed E-state index contributed by atoms with van der Waals surface area (Å²) in [6.45, 7) is 0. The van der Waals surface area contributed by atoms with Crippen LogP contribution in [0.25, 0.3) is 0 Å². The van der Waals surface area contributed by atoms with Crippen LogP contribution in [0.3, 0.4) is 0 Å². The monoisotopic (exact) mass is 132 g/mol. The SMILES string of the molecule is FC1=CC2C(F)=C(F)C12. The van der Waals surface area contributed by atoms with Crippen LogP contribution in [0.4, 0.5) is 13.2 Å². The molecule has 3 heteroatoms. The van der Waals surface area contributed by atoms with Crippen molar-refractivity contribution in [1.82, 2.24) is 0 Å². The minimum atomic E-state index is -0.917. The van der Waals surface area contributed by atoms with Crippen LogP contribution >= 0.6 is 0 Å². The Bertz CT molecular complexity index is 226. The molecule has 9 heavy (non-hydrogen) atoms. The summed E-state index contributed by atoms with van der Waals surface area (Å²) in [6.07, 6.45) is 1.10. The number of hydrogen-bond acceptors (Lipinski definition) is 0. The van der Waals surface area contributed by atoms with Crippen molar-refractivity contribution in [2.45, 2.75) is 0 Å². The van der Waals surface area contributed by atoms with Crippen molar-refractivity contribution >= 4 is 0 Å². The van der Waals surface area contributed by atoms with E-state index in [0.717, 1.165) is 6.08 Å². The van der Waals surface area contributed by atoms with Gasteiger partial charge in [0.15, 0.2) is 0 Å². The molecule has 0 aromatic heterocycles.